The first-order chi connectivity index (χ1) is 4.11. The van der Waals surface area contributed by atoms with Gasteiger partial charge < -0.3 is 0 Å². The minimum atomic E-state index is -1.24. The molecule has 1 rings (SSSR count). The van der Waals surface area contributed by atoms with E-state index in [1.54, 1.807) is 3.88 Å². The molecule has 0 N–H and O–H groups in total. The summed E-state index contributed by atoms with van der Waals surface area (Å²) in [5.41, 5.74) is 0. The predicted octanol–water partition coefficient (Wildman–Crippen LogP) is 1.78. The fraction of sp³-hybridized carbons (Fsp3) is 0.429. The van der Waals surface area contributed by atoms with Crippen LogP contribution < -0.4 is 0 Å². The molecule has 0 aliphatic heterocycles. The first kappa shape index (κ1) is 10.7. The zero-order valence-corrected chi connectivity index (χ0v) is 11.2. The van der Waals surface area contributed by atoms with Crippen molar-refractivity contribution in [3.05, 3.63) is 22.1 Å². The van der Waals surface area contributed by atoms with Gasteiger partial charge in [0.05, 0.1) is 0 Å². The molecule has 0 amide bonds. The van der Waals surface area contributed by atoms with E-state index in [1.165, 1.54) is 14.5 Å². The van der Waals surface area contributed by atoms with Crippen LogP contribution in [-0.4, -0.2) is 8.11 Å². The van der Waals surface area contributed by atoms with Gasteiger partial charge >= 0.3 is 62.9 Å². The van der Waals surface area contributed by atoms with Gasteiger partial charge in [-0.25, -0.2) is 0 Å². The van der Waals surface area contributed by atoms with Gasteiger partial charge in [-0.15, -0.1) is 12.4 Å². The van der Waals surface area contributed by atoms with Crippen molar-refractivity contribution in [2.24, 2.45) is 0 Å². The predicted molar refractivity (Wildman–Crippen MR) is 50.8 cm³/mol. The Bertz CT molecular complexity index is 167. The van der Waals surface area contributed by atoms with Gasteiger partial charge in [0, 0.05) is 0 Å². The first-order valence-corrected chi connectivity index (χ1v) is 13.1. The van der Waals surface area contributed by atoms with Crippen LogP contribution in [0, 0.1) is 0 Å². The Kier molecular flexibility index (Phi) is 4.19. The maximum absolute atomic E-state index is 2.51. The average molecular weight is 211 g/mol. The Hall–Kier alpha value is 0.701. The Balaban J connectivity index is 0.000000810. The summed E-state index contributed by atoms with van der Waals surface area (Å²) < 4.78 is 1.79. The van der Waals surface area contributed by atoms with E-state index in [9.17, 15) is 0 Å². The number of halogens is 1. The van der Waals surface area contributed by atoms with Gasteiger partial charge in [0.25, 0.3) is 0 Å². The van der Waals surface area contributed by atoms with E-state index < -0.39 is 15.8 Å². The molecule has 0 atom stereocenters. The van der Waals surface area contributed by atoms with Crippen LogP contribution in [0.15, 0.2) is 22.1 Å². The molecule has 3 heteroatoms. The second-order valence-electron chi connectivity index (χ2n) is 3.57. The topological polar surface area (TPSA) is 0 Å². The molecule has 0 aromatic rings. The molecule has 0 aromatic heterocycles. The van der Waals surface area contributed by atoms with Crippen molar-refractivity contribution in [3.63, 3.8) is 0 Å². The summed E-state index contributed by atoms with van der Waals surface area (Å²) in [5, 5.41) is 5.01. The molecule has 0 spiro atoms. The van der Waals surface area contributed by atoms with Gasteiger partial charge in [0.1, 0.15) is 0 Å². The molecule has 58 valence electrons. The van der Waals surface area contributed by atoms with E-state index in [0.29, 0.717) is 0 Å². The van der Waals surface area contributed by atoms with Crippen LogP contribution in [0.4, 0.5) is 0 Å². The molecule has 10 heavy (non-hydrogen) atoms. The SMILES string of the molecule is Cl.[CH3][Ti]([CH3])([SiH3])[C]1=CC=CC1. The van der Waals surface area contributed by atoms with E-state index in [-0.39, 0.29) is 12.4 Å². The van der Waals surface area contributed by atoms with Gasteiger partial charge in [0.15, 0.2) is 0 Å². The van der Waals surface area contributed by atoms with E-state index in [0.717, 1.165) is 0 Å². The fourth-order valence-electron chi connectivity index (χ4n) is 1.00. The maximum atomic E-state index is 2.51. The molecule has 0 saturated heterocycles. The van der Waals surface area contributed by atoms with Gasteiger partial charge in [-0.05, 0) is 0 Å². The van der Waals surface area contributed by atoms with Gasteiger partial charge in [-0.2, -0.15) is 0 Å². The number of rotatable bonds is 1. The van der Waals surface area contributed by atoms with Crippen molar-refractivity contribution in [2.75, 3.05) is 0 Å². The molecule has 0 saturated carbocycles. The van der Waals surface area contributed by atoms with Crippen molar-refractivity contribution in [1.29, 1.82) is 0 Å². The Morgan fingerprint density at radius 3 is 2.30 bits per heavy atom. The standard InChI is InChI=1S/C5H5.2CH3.ClH.H3Si.Ti/c1-2-4-5-3-1;;;;;/h1-3H,4H2;2*1H3;1H;1H3;. The van der Waals surface area contributed by atoms with Crippen molar-refractivity contribution in [1.82, 2.24) is 0 Å². The molecule has 0 nitrogen and oxygen atoms in total. The van der Waals surface area contributed by atoms with Crippen LogP contribution >= 0.6 is 12.4 Å². The second-order valence-corrected chi connectivity index (χ2v) is 21.9. The fourth-order valence-corrected chi connectivity index (χ4v) is 4.60. The molecular weight excluding hydrogens is 195 g/mol. The Morgan fingerprint density at radius 1 is 1.50 bits per heavy atom. The normalized spacial score (nSPS) is 16.8. The van der Waals surface area contributed by atoms with Crippen LogP contribution in [0.25, 0.3) is 0 Å². The van der Waals surface area contributed by atoms with Gasteiger partial charge in [-0.3, -0.25) is 0 Å². The zero-order chi connectivity index (χ0) is 6.91. The molecule has 1 aliphatic rings. The number of allylic oxidation sites excluding steroid dienone is 4. The molecular formula is C7H15ClSiTi. The van der Waals surface area contributed by atoms with Crippen molar-refractivity contribution in [3.8, 4) is 0 Å². The summed E-state index contributed by atoms with van der Waals surface area (Å²) in [6.07, 6.45) is 8.10. The molecule has 0 aromatic carbocycles. The Labute approximate surface area is 75.2 Å². The van der Waals surface area contributed by atoms with Crippen LogP contribution in [0.1, 0.15) is 6.42 Å². The van der Waals surface area contributed by atoms with E-state index in [1.807, 2.05) is 0 Å². The summed E-state index contributed by atoms with van der Waals surface area (Å²) in [5.74, 6) is 0. The van der Waals surface area contributed by atoms with Crippen LogP contribution in [-0.2, 0) is 15.8 Å². The molecule has 0 unspecified atom stereocenters. The van der Waals surface area contributed by atoms with Crippen molar-refractivity contribution in [2.45, 2.75) is 16.9 Å². The van der Waals surface area contributed by atoms with E-state index in [2.05, 4.69) is 28.7 Å². The third kappa shape index (κ3) is 2.75. The van der Waals surface area contributed by atoms with E-state index in [4.69, 9.17) is 0 Å². The number of hydrogen-bond acceptors (Lipinski definition) is 0. The third-order valence-electron chi connectivity index (χ3n) is 1.73. The monoisotopic (exact) mass is 210 g/mol. The van der Waals surface area contributed by atoms with E-state index >= 15 is 0 Å². The number of hydrogen-bond donors (Lipinski definition) is 0. The molecule has 0 bridgehead atoms. The molecule has 0 heterocycles. The minimum absolute atomic E-state index is 0. The third-order valence-corrected chi connectivity index (χ3v) is 7.97. The summed E-state index contributed by atoms with van der Waals surface area (Å²) in [4.78, 5) is 0. The molecule has 1 aliphatic carbocycles. The van der Waals surface area contributed by atoms with Crippen LogP contribution in [0.5, 0.6) is 0 Å². The Morgan fingerprint density at radius 2 is 2.10 bits per heavy atom. The van der Waals surface area contributed by atoms with Crippen molar-refractivity contribution >= 4 is 20.5 Å². The van der Waals surface area contributed by atoms with Crippen LogP contribution in [0.2, 0.25) is 10.5 Å². The van der Waals surface area contributed by atoms with Gasteiger partial charge in [-0.1, -0.05) is 0 Å². The summed E-state index contributed by atoms with van der Waals surface area (Å²) in [6, 6.07) is 0. The summed E-state index contributed by atoms with van der Waals surface area (Å²) in [6.45, 7) is 0. The molecule has 0 fully saturated rings. The van der Waals surface area contributed by atoms with Crippen LogP contribution in [0.3, 0.4) is 0 Å². The molecule has 0 radical (unpaired) electrons. The zero-order valence-electron chi connectivity index (χ0n) is 6.85. The quantitative estimate of drug-likeness (QED) is 0.579. The average Bonchev–Trinajstić information content (AvgIpc) is 2.08. The first-order valence-electron chi connectivity index (χ1n) is 3.47. The van der Waals surface area contributed by atoms with Crippen molar-refractivity contribution < 1.29 is 15.8 Å². The summed E-state index contributed by atoms with van der Waals surface area (Å²) in [7, 11) is 1.45. The van der Waals surface area contributed by atoms with Gasteiger partial charge in [0.2, 0.25) is 0 Å². The summed E-state index contributed by atoms with van der Waals surface area (Å²) >= 11 is -1.24. The second kappa shape index (κ2) is 3.91.